The van der Waals surface area contributed by atoms with Crippen molar-refractivity contribution in [2.75, 3.05) is 13.2 Å². The summed E-state index contributed by atoms with van der Waals surface area (Å²) in [6.07, 6.45) is 1.90. The van der Waals surface area contributed by atoms with Gasteiger partial charge in [0.2, 0.25) is 0 Å². The van der Waals surface area contributed by atoms with E-state index in [2.05, 4.69) is 19.9 Å². The Kier molecular flexibility index (Phi) is 5.73. The Morgan fingerprint density at radius 2 is 2.00 bits per heavy atom. The van der Waals surface area contributed by atoms with Gasteiger partial charge in [-0.2, -0.15) is 5.26 Å². The van der Waals surface area contributed by atoms with Gasteiger partial charge in [-0.25, -0.2) is 0 Å². The Hall–Kier alpha value is -0.550. The van der Waals surface area contributed by atoms with Crippen LogP contribution >= 0.6 is 0 Å². The molecule has 0 bridgehead atoms. The molecule has 0 aliphatic carbocycles. The van der Waals surface area contributed by atoms with Crippen molar-refractivity contribution in [1.82, 2.24) is 0 Å². The fraction of sp³-hybridized carbons (Fsp3) is 0.909. The molecular weight excluding hydrogens is 162 g/mol. The van der Waals surface area contributed by atoms with E-state index in [4.69, 9.17) is 10.00 Å². The van der Waals surface area contributed by atoms with Crippen molar-refractivity contribution in [3.05, 3.63) is 0 Å². The van der Waals surface area contributed by atoms with Crippen LogP contribution < -0.4 is 0 Å². The third-order valence-electron chi connectivity index (χ3n) is 1.84. The highest BCUT2D eigenvalue weighted by Crippen LogP contribution is 2.20. The first-order valence-corrected chi connectivity index (χ1v) is 4.97. The quantitative estimate of drug-likeness (QED) is 0.593. The largest absolute Gasteiger partial charge is 0.381 e. The summed E-state index contributed by atoms with van der Waals surface area (Å²) in [5.74, 6) is 0.601. The molecule has 0 aromatic rings. The molecule has 0 radical (unpaired) electrons. The zero-order valence-corrected chi connectivity index (χ0v) is 9.26. The number of ether oxygens (including phenoxy) is 1. The van der Waals surface area contributed by atoms with E-state index in [-0.39, 0.29) is 5.41 Å². The Labute approximate surface area is 81.9 Å². The summed E-state index contributed by atoms with van der Waals surface area (Å²) in [5, 5.41) is 8.75. The molecule has 2 heteroatoms. The molecule has 13 heavy (non-hydrogen) atoms. The smallest absolute Gasteiger partial charge is 0.0683 e. The fourth-order valence-corrected chi connectivity index (χ4v) is 0.991. The van der Waals surface area contributed by atoms with Crippen LogP contribution in [0.1, 0.15) is 40.5 Å². The molecule has 0 saturated heterocycles. The molecule has 0 spiro atoms. The number of hydrogen-bond donors (Lipinski definition) is 0. The second kappa shape index (κ2) is 5.99. The van der Waals surface area contributed by atoms with Crippen LogP contribution in [0.3, 0.4) is 0 Å². The van der Waals surface area contributed by atoms with Gasteiger partial charge in [-0.1, -0.05) is 13.8 Å². The van der Waals surface area contributed by atoms with E-state index < -0.39 is 0 Å². The molecule has 0 aromatic heterocycles. The predicted molar refractivity (Wildman–Crippen MR) is 54.3 cm³/mol. The normalized spacial score (nSPS) is 11.7. The van der Waals surface area contributed by atoms with E-state index in [9.17, 15) is 0 Å². The fourth-order valence-electron chi connectivity index (χ4n) is 0.991. The van der Waals surface area contributed by atoms with E-state index in [0.717, 1.165) is 26.1 Å². The second-order valence-corrected chi connectivity index (χ2v) is 4.57. The molecule has 2 nitrogen and oxygen atoms in total. The molecule has 0 aliphatic heterocycles. The van der Waals surface area contributed by atoms with Gasteiger partial charge in [-0.3, -0.25) is 0 Å². The lowest BCUT2D eigenvalue weighted by Crippen LogP contribution is -2.10. The minimum atomic E-state index is -0.193. The summed E-state index contributed by atoms with van der Waals surface area (Å²) in [5.41, 5.74) is -0.193. The maximum absolute atomic E-state index is 8.75. The maximum Gasteiger partial charge on any atom is 0.0683 e. The van der Waals surface area contributed by atoms with E-state index >= 15 is 0 Å². The van der Waals surface area contributed by atoms with Gasteiger partial charge < -0.3 is 4.74 Å². The van der Waals surface area contributed by atoms with Crippen LogP contribution in [0.15, 0.2) is 0 Å². The summed E-state index contributed by atoms with van der Waals surface area (Å²) in [7, 11) is 0. The SMILES string of the molecule is CC(C)COCCCC(C)(C)C#N. The van der Waals surface area contributed by atoms with E-state index in [1.165, 1.54) is 0 Å². The molecule has 0 atom stereocenters. The molecule has 0 amide bonds. The maximum atomic E-state index is 8.75. The Balaban J connectivity index is 3.32. The average Bonchev–Trinajstić information content (AvgIpc) is 2.03. The lowest BCUT2D eigenvalue weighted by Gasteiger charge is -2.14. The summed E-state index contributed by atoms with van der Waals surface area (Å²) < 4.78 is 5.43. The molecule has 0 saturated carbocycles. The van der Waals surface area contributed by atoms with Crippen LogP contribution in [0.4, 0.5) is 0 Å². The number of nitriles is 1. The number of nitrogens with zero attached hydrogens (tertiary/aromatic N) is 1. The standard InChI is InChI=1S/C11H21NO/c1-10(2)8-13-7-5-6-11(3,4)9-12/h10H,5-8H2,1-4H3. The first-order valence-electron chi connectivity index (χ1n) is 4.97. The highest BCUT2D eigenvalue weighted by Gasteiger charge is 2.15. The minimum absolute atomic E-state index is 0.193. The zero-order chi connectivity index (χ0) is 10.3. The van der Waals surface area contributed by atoms with Gasteiger partial charge in [0.05, 0.1) is 11.5 Å². The molecule has 0 unspecified atom stereocenters. The monoisotopic (exact) mass is 183 g/mol. The van der Waals surface area contributed by atoms with Gasteiger partial charge in [-0.05, 0) is 32.6 Å². The number of hydrogen-bond acceptors (Lipinski definition) is 2. The summed E-state index contributed by atoms with van der Waals surface area (Å²) >= 11 is 0. The summed E-state index contributed by atoms with van der Waals surface area (Å²) in [6, 6.07) is 2.29. The molecular formula is C11H21NO. The molecule has 0 N–H and O–H groups in total. The van der Waals surface area contributed by atoms with Crippen molar-refractivity contribution < 1.29 is 4.74 Å². The van der Waals surface area contributed by atoms with Gasteiger partial charge in [0.25, 0.3) is 0 Å². The van der Waals surface area contributed by atoms with Crippen molar-refractivity contribution in [3.63, 3.8) is 0 Å². The van der Waals surface area contributed by atoms with Crippen LogP contribution in [0.25, 0.3) is 0 Å². The summed E-state index contributed by atoms with van der Waals surface area (Å²) in [4.78, 5) is 0. The minimum Gasteiger partial charge on any atom is -0.381 e. The molecule has 76 valence electrons. The van der Waals surface area contributed by atoms with Crippen LogP contribution in [-0.4, -0.2) is 13.2 Å². The Bertz CT molecular complexity index is 167. The van der Waals surface area contributed by atoms with Gasteiger partial charge in [0.1, 0.15) is 0 Å². The van der Waals surface area contributed by atoms with Crippen LogP contribution in [0.5, 0.6) is 0 Å². The van der Waals surface area contributed by atoms with Crippen LogP contribution in [-0.2, 0) is 4.74 Å². The third kappa shape index (κ3) is 7.80. The van der Waals surface area contributed by atoms with Crippen molar-refractivity contribution in [2.45, 2.75) is 40.5 Å². The van der Waals surface area contributed by atoms with Crippen LogP contribution in [0, 0.1) is 22.7 Å². The lowest BCUT2D eigenvalue weighted by molar-refractivity contribution is 0.102. The molecule has 0 rings (SSSR count). The highest BCUT2D eigenvalue weighted by atomic mass is 16.5. The molecule has 0 aliphatic rings. The third-order valence-corrected chi connectivity index (χ3v) is 1.84. The van der Waals surface area contributed by atoms with Crippen molar-refractivity contribution in [1.29, 1.82) is 5.26 Å². The van der Waals surface area contributed by atoms with Gasteiger partial charge in [-0.15, -0.1) is 0 Å². The number of rotatable bonds is 6. The molecule has 0 heterocycles. The Morgan fingerprint density at radius 3 is 2.46 bits per heavy atom. The zero-order valence-electron chi connectivity index (χ0n) is 9.26. The van der Waals surface area contributed by atoms with Gasteiger partial charge in [0, 0.05) is 13.2 Å². The Morgan fingerprint density at radius 1 is 1.38 bits per heavy atom. The van der Waals surface area contributed by atoms with Crippen molar-refractivity contribution in [2.24, 2.45) is 11.3 Å². The highest BCUT2D eigenvalue weighted by molar-refractivity contribution is 4.91. The topological polar surface area (TPSA) is 33.0 Å². The molecule has 0 fully saturated rings. The first kappa shape index (κ1) is 12.4. The van der Waals surface area contributed by atoms with Crippen LogP contribution in [0.2, 0.25) is 0 Å². The van der Waals surface area contributed by atoms with E-state index in [0.29, 0.717) is 5.92 Å². The van der Waals surface area contributed by atoms with E-state index in [1.54, 1.807) is 0 Å². The van der Waals surface area contributed by atoms with Gasteiger partial charge in [0.15, 0.2) is 0 Å². The van der Waals surface area contributed by atoms with Gasteiger partial charge >= 0.3 is 0 Å². The van der Waals surface area contributed by atoms with Crippen molar-refractivity contribution >= 4 is 0 Å². The van der Waals surface area contributed by atoms with Crippen molar-refractivity contribution in [3.8, 4) is 6.07 Å². The lowest BCUT2D eigenvalue weighted by atomic mass is 9.90. The van der Waals surface area contributed by atoms with E-state index in [1.807, 2.05) is 13.8 Å². The predicted octanol–water partition coefficient (Wildman–Crippen LogP) is 2.99. The average molecular weight is 183 g/mol. The first-order chi connectivity index (χ1) is 5.98. The summed E-state index contributed by atoms with van der Waals surface area (Å²) in [6.45, 7) is 9.82. The molecule has 0 aromatic carbocycles. The second-order valence-electron chi connectivity index (χ2n) is 4.57.